The zero-order valence-corrected chi connectivity index (χ0v) is 15.5. The maximum absolute atomic E-state index is 12.4. The summed E-state index contributed by atoms with van der Waals surface area (Å²) in [4.78, 5) is 26.4. The third-order valence-corrected chi connectivity index (χ3v) is 4.43. The molecule has 8 heteroatoms. The molecule has 0 bridgehead atoms. The third kappa shape index (κ3) is 4.47. The van der Waals surface area contributed by atoms with Crippen molar-refractivity contribution in [1.29, 1.82) is 0 Å². The van der Waals surface area contributed by atoms with Crippen molar-refractivity contribution in [1.82, 2.24) is 10.3 Å². The number of aromatic amines is 1. The van der Waals surface area contributed by atoms with Gasteiger partial charge < -0.3 is 20.4 Å². The topological polar surface area (TPSA) is 109 Å². The summed E-state index contributed by atoms with van der Waals surface area (Å²) in [5.41, 5.74) is 2.64. The van der Waals surface area contributed by atoms with E-state index in [0.29, 0.717) is 31.8 Å². The van der Waals surface area contributed by atoms with E-state index in [0.717, 1.165) is 16.5 Å². The number of nitrogens with zero attached hydrogens (tertiary/aromatic N) is 1. The number of aromatic nitrogens is 1. The molecule has 3 aromatic rings. The number of hydrogen-bond donors (Lipinski definition) is 3. The van der Waals surface area contributed by atoms with Crippen LogP contribution in [0.15, 0.2) is 48.7 Å². The lowest BCUT2D eigenvalue weighted by molar-refractivity contribution is -0.384. The average molecular weight is 382 g/mol. The number of amides is 1. The van der Waals surface area contributed by atoms with Crippen LogP contribution in [-0.4, -0.2) is 42.6 Å². The van der Waals surface area contributed by atoms with Crippen molar-refractivity contribution in [3.8, 4) is 0 Å². The zero-order valence-electron chi connectivity index (χ0n) is 15.5. The van der Waals surface area contributed by atoms with E-state index in [1.807, 2.05) is 30.5 Å². The van der Waals surface area contributed by atoms with Crippen molar-refractivity contribution in [2.24, 2.45) is 0 Å². The number of carbonyl (C=O) groups excluding carboxylic acids is 1. The SMILES string of the molecule is COCCNc1ccc(C(=O)NCCc2c[nH]c3ccccc23)cc1[N+](=O)[O-]. The lowest BCUT2D eigenvalue weighted by atomic mass is 10.1. The minimum Gasteiger partial charge on any atom is -0.383 e. The molecule has 146 valence electrons. The molecule has 0 saturated heterocycles. The van der Waals surface area contributed by atoms with Gasteiger partial charge in [0, 0.05) is 48.9 Å². The average Bonchev–Trinajstić information content (AvgIpc) is 3.11. The first kappa shape index (κ1) is 19.4. The highest BCUT2D eigenvalue weighted by molar-refractivity contribution is 5.95. The van der Waals surface area contributed by atoms with Gasteiger partial charge in [-0.25, -0.2) is 0 Å². The summed E-state index contributed by atoms with van der Waals surface area (Å²) in [7, 11) is 1.56. The first-order chi connectivity index (χ1) is 13.6. The second kappa shape index (κ2) is 9.01. The van der Waals surface area contributed by atoms with Gasteiger partial charge in [0.1, 0.15) is 5.69 Å². The molecule has 28 heavy (non-hydrogen) atoms. The highest BCUT2D eigenvalue weighted by Crippen LogP contribution is 2.25. The van der Waals surface area contributed by atoms with Crippen LogP contribution in [0.5, 0.6) is 0 Å². The van der Waals surface area contributed by atoms with Crippen LogP contribution in [-0.2, 0) is 11.2 Å². The van der Waals surface area contributed by atoms with E-state index in [1.165, 1.54) is 6.07 Å². The smallest absolute Gasteiger partial charge is 0.293 e. The normalized spacial score (nSPS) is 10.8. The van der Waals surface area contributed by atoms with Crippen LogP contribution in [0.3, 0.4) is 0 Å². The number of anilines is 1. The van der Waals surface area contributed by atoms with Crippen LogP contribution in [0.25, 0.3) is 10.9 Å². The van der Waals surface area contributed by atoms with Crippen LogP contribution in [0.1, 0.15) is 15.9 Å². The number of hydrogen-bond acceptors (Lipinski definition) is 5. The fourth-order valence-corrected chi connectivity index (χ4v) is 3.01. The van der Waals surface area contributed by atoms with Crippen LogP contribution in [0, 0.1) is 10.1 Å². The number of nitrogens with one attached hydrogen (secondary N) is 3. The molecule has 0 saturated carbocycles. The van der Waals surface area contributed by atoms with Gasteiger partial charge >= 0.3 is 0 Å². The van der Waals surface area contributed by atoms with Crippen molar-refractivity contribution in [3.05, 3.63) is 69.9 Å². The number of benzene rings is 2. The van der Waals surface area contributed by atoms with Gasteiger partial charge in [0.05, 0.1) is 11.5 Å². The summed E-state index contributed by atoms with van der Waals surface area (Å²) in [6.45, 7) is 1.29. The first-order valence-corrected chi connectivity index (χ1v) is 8.94. The standard InChI is InChI=1S/C20H22N4O4/c1-28-11-10-21-18-7-6-14(12-19(18)24(26)27)20(25)22-9-8-15-13-23-17-5-3-2-4-16(15)17/h2-7,12-13,21,23H,8-11H2,1H3,(H,22,25). The predicted molar refractivity (Wildman–Crippen MR) is 108 cm³/mol. The second-order valence-electron chi connectivity index (χ2n) is 6.27. The largest absolute Gasteiger partial charge is 0.383 e. The van der Waals surface area contributed by atoms with Crippen LogP contribution >= 0.6 is 0 Å². The maximum Gasteiger partial charge on any atom is 0.293 e. The molecule has 3 rings (SSSR count). The van der Waals surface area contributed by atoms with E-state index < -0.39 is 4.92 Å². The van der Waals surface area contributed by atoms with Crippen molar-refractivity contribution in [2.45, 2.75) is 6.42 Å². The van der Waals surface area contributed by atoms with Gasteiger partial charge in [-0.05, 0) is 30.2 Å². The van der Waals surface area contributed by atoms with E-state index in [-0.39, 0.29) is 17.2 Å². The Labute approximate surface area is 162 Å². The second-order valence-corrected chi connectivity index (χ2v) is 6.27. The number of methoxy groups -OCH3 is 1. The summed E-state index contributed by atoms with van der Waals surface area (Å²) >= 11 is 0. The van der Waals surface area contributed by atoms with Gasteiger partial charge in [0.25, 0.3) is 11.6 Å². The molecule has 0 aliphatic carbocycles. The number of ether oxygens (including phenoxy) is 1. The lowest BCUT2D eigenvalue weighted by Crippen LogP contribution is -2.25. The van der Waals surface area contributed by atoms with Crippen LogP contribution in [0.2, 0.25) is 0 Å². The molecule has 8 nitrogen and oxygen atoms in total. The van der Waals surface area contributed by atoms with Crippen molar-refractivity contribution in [3.63, 3.8) is 0 Å². The van der Waals surface area contributed by atoms with Gasteiger partial charge in [-0.3, -0.25) is 14.9 Å². The molecule has 0 unspecified atom stereocenters. The molecule has 0 aliphatic rings. The summed E-state index contributed by atoms with van der Waals surface area (Å²) < 4.78 is 4.93. The highest BCUT2D eigenvalue weighted by atomic mass is 16.6. The Balaban J connectivity index is 1.63. The fourth-order valence-electron chi connectivity index (χ4n) is 3.01. The summed E-state index contributed by atoms with van der Waals surface area (Å²) in [6, 6.07) is 12.4. The Morgan fingerprint density at radius 2 is 2.04 bits per heavy atom. The Morgan fingerprint density at radius 3 is 2.82 bits per heavy atom. The molecule has 2 aromatic carbocycles. The highest BCUT2D eigenvalue weighted by Gasteiger charge is 2.17. The van der Waals surface area contributed by atoms with Crippen LogP contribution in [0.4, 0.5) is 11.4 Å². The molecule has 1 amide bonds. The number of rotatable bonds is 9. The number of carbonyl (C=O) groups is 1. The van der Waals surface area contributed by atoms with Crippen molar-refractivity contribution in [2.75, 3.05) is 32.1 Å². The van der Waals surface area contributed by atoms with E-state index in [9.17, 15) is 14.9 Å². The number of fused-ring (bicyclic) bond motifs is 1. The van der Waals surface area contributed by atoms with E-state index in [2.05, 4.69) is 15.6 Å². The minimum absolute atomic E-state index is 0.139. The zero-order chi connectivity index (χ0) is 19.9. The molecule has 0 radical (unpaired) electrons. The van der Waals surface area contributed by atoms with Gasteiger partial charge in [-0.2, -0.15) is 0 Å². The molecule has 0 aliphatic heterocycles. The molecule has 1 aromatic heterocycles. The maximum atomic E-state index is 12.4. The molecule has 0 spiro atoms. The number of nitro groups is 1. The van der Waals surface area contributed by atoms with Gasteiger partial charge in [-0.15, -0.1) is 0 Å². The van der Waals surface area contributed by atoms with E-state index in [4.69, 9.17) is 4.74 Å². The van der Waals surface area contributed by atoms with Gasteiger partial charge in [0.15, 0.2) is 0 Å². The van der Waals surface area contributed by atoms with Crippen LogP contribution < -0.4 is 10.6 Å². The Hall–Kier alpha value is -3.39. The van der Waals surface area contributed by atoms with E-state index >= 15 is 0 Å². The monoisotopic (exact) mass is 382 g/mol. The number of para-hydroxylation sites is 1. The molecular weight excluding hydrogens is 360 g/mol. The fraction of sp³-hybridized carbons (Fsp3) is 0.250. The Morgan fingerprint density at radius 1 is 1.21 bits per heavy atom. The Kier molecular flexibility index (Phi) is 6.23. The van der Waals surface area contributed by atoms with Gasteiger partial charge in [-0.1, -0.05) is 18.2 Å². The van der Waals surface area contributed by atoms with E-state index in [1.54, 1.807) is 19.2 Å². The minimum atomic E-state index is -0.502. The first-order valence-electron chi connectivity index (χ1n) is 8.94. The quantitative estimate of drug-likeness (QED) is 0.299. The number of nitro benzene ring substituents is 1. The Bertz CT molecular complexity index is 983. The summed E-state index contributed by atoms with van der Waals surface area (Å²) in [5, 5.41) is 18.2. The molecule has 0 fully saturated rings. The van der Waals surface area contributed by atoms with Gasteiger partial charge in [0.2, 0.25) is 0 Å². The molecular formula is C20H22N4O4. The summed E-state index contributed by atoms with van der Waals surface area (Å²) in [5.74, 6) is -0.341. The third-order valence-electron chi connectivity index (χ3n) is 4.43. The predicted octanol–water partition coefficient (Wildman–Crippen LogP) is 3.11. The number of H-pyrrole nitrogens is 1. The van der Waals surface area contributed by atoms with Crippen molar-refractivity contribution < 1.29 is 14.5 Å². The molecule has 3 N–H and O–H groups in total. The molecule has 0 atom stereocenters. The summed E-state index contributed by atoms with van der Waals surface area (Å²) in [6.07, 6.45) is 2.59. The van der Waals surface area contributed by atoms with Crippen molar-refractivity contribution >= 4 is 28.2 Å². The lowest BCUT2D eigenvalue weighted by Gasteiger charge is -2.09. The molecule has 1 heterocycles.